The Morgan fingerprint density at radius 3 is 2.62 bits per heavy atom. The topological polar surface area (TPSA) is 83.0 Å². The number of nitrogens with zero attached hydrogens (tertiary/aromatic N) is 2. The molecule has 1 saturated heterocycles. The van der Waals surface area contributed by atoms with Gasteiger partial charge in [0.05, 0.1) is 11.4 Å². The van der Waals surface area contributed by atoms with Crippen molar-refractivity contribution in [2.24, 2.45) is 4.99 Å². The molecule has 0 bridgehead atoms. The Labute approximate surface area is 207 Å². The first-order valence-corrected chi connectivity index (χ1v) is 12.3. The molecule has 7 nitrogen and oxygen atoms in total. The first-order valence-electron chi connectivity index (χ1n) is 10.8. The van der Waals surface area contributed by atoms with Gasteiger partial charge < -0.3 is 15.4 Å². The first-order chi connectivity index (χ1) is 15.1. The molecule has 0 aromatic heterocycles. The molecule has 1 atom stereocenters. The van der Waals surface area contributed by atoms with Crippen LogP contribution in [0.2, 0.25) is 0 Å². The van der Waals surface area contributed by atoms with Gasteiger partial charge in [0.25, 0.3) is 0 Å². The zero-order valence-electron chi connectivity index (χ0n) is 18.3. The number of sulfonamides is 1. The third-order valence-electron chi connectivity index (χ3n) is 5.75. The number of guanidine groups is 1. The van der Waals surface area contributed by atoms with Crippen molar-refractivity contribution in [3.63, 3.8) is 0 Å². The predicted molar refractivity (Wildman–Crippen MR) is 137 cm³/mol. The Hall–Kier alpha value is -1.85. The number of rotatable bonds is 6. The largest absolute Gasteiger partial charge is 0.488 e. The van der Waals surface area contributed by atoms with Gasteiger partial charge >= 0.3 is 0 Å². The van der Waals surface area contributed by atoms with Gasteiger partial charge in [0.1, 0.15) is 11.9 Å². The van der Waals surface area contributed by atoms with Crippen LogP contribution in [0.25, 0.3) is 0 Å². The minimum atomic E-state index is -3.43. The zero-order chi connectivity index (χ0) is 21.7. The number of piperidine rings is 1. The fourth-order valence-electron chi connectivity index (χ4n) is 4.05. The van der Waals surface area contributed by atoms with Crippen molar-refractivity contribution in [3.05, 3.63) is 59.7 Å². The molecule has 0 spiro atoms. The summed E-state index contributed by atoms with van der Waals surface area (Å²) < 4.78 is 33.4. The van der Waals surface area contributed by atoms with Crippen LogP contribution in [-0.2, 0) is 23.0 Å². The van der Waals surface area contributed by atoms with E-state index in [2.05, 4.69) is 21.7 Å². The van der Waals surface area contributed by atoms with Crippen molar-refractivity contribution in [2.75, 3.05) is 26.7 Å². The zero-order valence-corrected chi connectivity index (χ0v) is 21.4. The number of benzene rings is 2. The van der Waals surface area contributed by atoms with Crippen molar-refractivity contribution in [3.8, 4) is 5.75 Å². The maximum atomic E-state index is 12.9. The maximum Gasteiger partial charge on any atom is 0.243 e. The summed E-state index contributed by atoms with van der Waals surface area (Å²) in [5.74, 6) is 1.60. The van der Waals surface area contributed by atoms with E-state index in [4.69, 9.17) is 4.74 Å². The molecule has 4 rings (SSSR count). The molecule has 0 saturated carbocycles. The Kier molecular flexibility index (Phi) is 8.78. The summed E-state index contributed by atoms with van der Waals surface area (Å²) in [6, 6.07) is 15.2. The van der Waals surface area contributed by atoms with E-state index in [1.54, 1.807) is 29.6 Å². The quantitative estimate of drug-likeness (QED) is 0.317. The lowest BCUT2D eigenvalue weighted by atomic mass is 10.1. The van der Waals surface area contributed by atoms with Crippen LogP contribution in [0.4, 0.5) is 0 Å². The van der Waals surface area contributed by atoms with Gasteiger partial charge in [0.2, 0.25) is 10.0 Å². The lowest BCUT2D eigenvalue weighted by Crippen LogP contribution is -2.42. The van der Waals surface area contributed by atoms with E-state index in [9.17, 15) is 8.42 Å². The molecular weight excluding hydrogens is 539 g/mol. The second-order valence-corrected chi connectivity index (χ2v) is 9.91. The summed E-state index contributed by atoms with van der Waals surface area (Å²) in [5.41, 5.74) is 2.12. The number of ether oxygens (including phenoxy) is 1. The van der Waals surface area contributed by atoms with E-state index in [-0.39, 0.29) is 30.1 Å². The molecule has 2 aliphatic rings. The molecule has 0 radical (unpaired) electrons. The van der Waals surface area contributed by atoms with Crippen LogP contribution in [0.3, 0.4) is 0 Å². The Bertz CT molecular complexity index is 1010. The van der Waals surface area contributed by atoms with Crippen molar-refractivity contribution < 1.29 is 13.2 Å². The van der Waals surface area contributed by atoms with Crippen LogP contribution in [0.1, 0.15) is 30.4 Å². The Morgan fingerprint density at radius 2 is 1.88 bits per heavy atom. The normalized spacial score (nSPS) is 18.9. The van der Waals surface area contributed by atoms with Gasteiger partial charge in [-0.3, -0.25) is 4.99 Å². The number of aliphatic imine (C=N–C) groups is 1. The van der Waals surface area contributed by atoms with Gasteiger partial charge in [-0.2, -0.15) is 4.31 Å². The van der Waals surface area contributed by atoms with Gasteiger partial charge in [0.15, 0.2) is 5.96 Å². The Balaban J connectivity index is 0.00000289. The van der Waals surface area contributed by atoms with Gasteiger partial charge in [0, 0.05) is 33.1 Å². The average Bonchev–Trinajstić information content (AvgIpc) is 3.23. The highest BCUT2D eigenvalue weighted by Crippen LogP contribution is 2.27. The van der Waals surface area contributed by atoms with Gasteiger partial charge in [-0.1, -0.05) is 36.8 Å². The van der Waals surface area contributed by atoms with E-state index in [0.29, 0.717) is 37.0 Å². The van der Waals surface area contributed by atoms with Crippen LogP contribution < -0.4 is 15.4 Å². The third kappa shape index (κ3) is 5.93. The van der Waals surface area contributed by atoms with E-state index in [1.807, 2.05) is 24.3 Å². The molecule has 9 heteroatoms. The number of hydrogen-bond acceptors (Lipinski definition) is 4. The number of halogens is 1. The maximum absolute atomic E-state index is 12.9. The third-order valence-corrected chi connectivity index (χ3v) is 7.64. The summed E-state index contributed by atoms with van der Waals surface area (Å²) in [7, 11) is -1.71. The first kappa shape index (κ1) is 24.8. The second-order valence-electron chi connectivity index (χ2n) is 7.97. The van der Waals surface area contributed by atoms with Crippen molar-refractivity contribution >= 4 is 40.0 Å². The summed E-state index contributed by atoms with van der Waals surface area (Å²) in [4.78, 5) is 4.63. The highest BCUT2D eigenvalue weighted by atomic mass is 127. The molecule has 1 fully saturated rings. The number of hydrogen-bond donors (Lipinski definition) is 2. The monoisotopic (exact) mass is 570 g/mol. The van der Waals surface area contributed by atoms with Crippen LogP contribution in [0.5, 0.6) is 5.75 Å². The average molecular weight is 570 g/mol. The molecule has 32 heavy (non-hydrogen) atoms. The van der Waals surface area contributed by atoms with Crippen LogP contribution in [0, 0.1) is 0 Å². The molecule has 2 heterocycles. The molecule has 1 unspecified atom stereocenters. The van der Waals surface area contributed by atoms with E-state index < -0.39 is 10.0 Å². The molecule has 2 aliphatic heterocycles. The van der Waals surface area contributed by atoms with Crippen LogP contribution in [-0.4, -0.2) is 51.5 Å². The predicted octanol–water partition coefficient (Wildman–Crippen LogP) is 3.15. The van der Waals surface area contributed by atoms with Crippen molar-refractivity contribution in [1.82, 2.24) is 14.9 Å². The lowest BCUT2D eigenvalue weighted by molar-refractivity contribution is 0.235. The molecular formula is C23H31IN4O3S. The second kappa shape index (κ2) is 11.3. The summed E-state index contributed by atoms with van der Waals surface area (Å²) in [6.07, 6.45) is 3.89. The molecule has 0 aliphatic carbocycles. The lowest BCUT2D eigenvalue weighted by Gasteiger charge is -2.26. The minimum Gasteiger partial charge on any atom is -0.488 e. The molecule has 174 valence electrons. The number of nitrogens with one attached hydrogen (secondary N) is 2. The molecule has 2 N–H and O–H groups in total. The molecule has 2 aromatic rings. The van der Waals surface area contributed by atoms with Crippen molar-refractivity contribution in [2.45, 2.75) is 43.2 Å². The standard InChI is InChI=1S/C23H30N4O3S.HI/c1-24-23(26-17-20-15-19-9-3-4-11-22(19)30-20)25-16-18-8-7-10-21(14-18)31(28,29)27-12-5-2-6-13-27;/h3-4,7-11,14,20H,2,5-6,12-13,15-17H2,1H3,(H2,24,25,26);1H. The molecule has 0 amide bonds. The smallest absolute Gasteiger partial charge is 0.243 e. The van der Waals surface area contributed by atoms with Crippen LogP contribution >= 0.6 is 24.0 Å². The van der Waals surface area contributed by atoms with Gasteiger partial charge in [-0.05, 0) is 42.2 Å². The minimum absolute atomic E-state index is 0. The fourth-order valence-corrected chi connectivity index (χ4v) is 5.64. The highest BCUT2D eigenvalue weighted by molar-refractivity contribution is 14.0. The molecule has 2 aromatic carbocycles. The van der Waals surface area contributed by atoms with E-state index in [1.165, 1.54) is 5.56 Å². The number of fused-ring (bicyclic) bond motifs is 1. The SMILES string of the molecule is CN=C(NCc1cccc(S(=O)(=O)N2CCCCC2)c1)NCC1Cc2ccccc2O1.I. The van der Waals surface area contributed by atoms with Gasteiger partial charge in [-0.25, -0.2) is 8.42 Å². The highest BCUT2D eigenvalue weighted by Gasteiger charge is 2.26. The van der Waals surface area contributed by atoms with Crippen LogP contribution in [0.15, 0.2) is 58.4 Å². The summed E-state index contributed by atoms with van der Waals surface area (Å²) in [6.45, 7) is 2.33. The fraction of sp³-hybridized carbons (Fsp3) is 0.435. The van der Waals surface area contributed by atoms with Gasteiger partial charge in [-0.15, -0.1) is 24.0 Å². The van der Waals surface area contributed by atoms with E-state index >= 15 is 0 Å². The summed E-state index contributed by atoms with van der Waals surface area (Å²) in [5, 5.41) is 6.56. The summed E-state index contributed by atoms with van der Waals surface area (Å²) >= 11 is 0. The van der Waals surface area contributed by atoms with Crippen molar-refractivity contribution in [1.29, 1.82) is 0 Å². The Morgan fingerprint density at radius 1 is 1.09 bits per heavy atom. The van der Waals surface area contributed by atoms with E-state index in [0.717, 1.165) is 37.0 Å². The number of para-hydroxylation sites is 1.